The minimum absolute atomic E-state index is 0.125. The average Bonchev–Trinajstić information content (AvgIpc) is 3.00. The predicted octanol–water partition coefficient (Wildman–Crippen LogP) is 4.37. The van der Waals surface area contributed by atoms with Gasteiger partial charge in [-0.2, -0.15) is 0 Å². The van der Waals surface area contributed by atoms with Gasteiger partial charge in [0.15, 0.2) is 0 Å². The van der Waals surface area contributed by atoms with Crippen molar-refractivity contribution in [3.63, 3.8) is 0 Å². The van der Waals surface area contributed by atoms with Gasteiger partial charge in [0.05, 0.1) is 11.2 Å². The third kappa shape index (κ3) is 3.01. The molecule has 1 aromatic heterocycles. The molecule has 0 fully saturated rings. The molecule has 3 rings (SSSR count). The summed E-state index contributed by atoms with van der Waals surface area (Å²) in [5.74, 6) is -0.125. The molecule has 1 N–H and O–H groups in total. The Labute approximate surface area is 127 Å². The molecule has 21 heavy (non-hydrogen) atoms. The van der Waals surface area contributed by atoms with Gasteiger partial charge in [0, 0.05) is 11.3 Å². The van der Waals surface area contributed by atoms with Crippen LogP contribution in [0.15, 0.2) is 60.1 Å². The zero-order valence-corrected chi connectivity index (χ0v) is 12.4. The molecule has 0 saturated heterocycles. The quantitative estimate of drug-likeness (QED) is 0.779. The molecule has 0 radical (unpaired) electrons. The summed E-state index contributed by atoms with van der Waals surface area (Å²) in [5, 5.41) is 2.91. The van der Waals surface area contributed by atoms with Gasteiger partial charge >= 0.3 is 0 Å². The number of carbonyl (C=O) groups is 1. The smallest absolute Gasteiger partial charge is 0.268 e. The number of thiazole rings is 1. The Morgan fingerprint density at radius 3 is 2.48 bits per heavy atom. The first-order chi connectivity index (χ1) is 10.2. The van der Waals surface area contributed by atoms with Crippen molar-refractivity contribution < 1.29 is 4.79 Å². The van der Waals surface area contributed by atoms with Crippen molar-refractivity contribution in [2.75, 3.05) is 5.32 Å². The lowest BCUT2D eigenvalue weighted by molar-refractivity contribution is 0.103. The Bertz CT molecular complexity index is 748. The number of hydrogen-bond donors (Lipinski definition) is 1. The number of carbonyl (C=O) groups excluding carboxylic acids is 1. The maximum absolute atomic E-state index is 12.4. The van der Waals surface area contributed by atoms with Crippen LogP contribution < -0.4 is 5.32 Å². The number of hydrogen-bond acceptors (Lipinski definition) is 3. The number of nitrogens with one attached hydrogen (secondary N) is 1. The van der Waals surface area contributed by atoms with E-state index >= 15 is 0 Å². The molecule has 4 heteroatoms. The Morgan fingerprint density at radius 2 is 1.76 bits per heavy atom. The highest BCUT2D eigenvalue weighted by molar-refractivity contribution is 7.12. The monoisotopic (exact) mass is 294 g/mol. The lowest BCUT2D eigenvalue weighted by atomic mass is 10.1. The summed E-state index contributed by atoms with van der Waals surface area (Å²) in [7, 11) is 0. The highest BCUT2D eigenvalue weighted by Crippen LogP contribution is 2.26. The number of amides is 1. The fourth-order valence-electron chi connectivity index (χ4n) is 2.03. The summed E-state index contributed by atoms with van der Waals surface area (Å²) < 4.78 is 0. The van der Waals surface area contributed by atoms with Gasteiger partial charge in [-0.1, -0.05) is 48.0 Å². The van der Waals surface area contributed by atoms with Gasteiger partial charge in [0.1, 0.15) is 4.88 Å². The topological polar surface area (TPSA) is 42.0 Å². The number of aryl methyl sites for hydroxylation is 1. The van der Waals surface area contributed by atoms with Gasteiger partial charge in [-0.3, -0.25) is 4.79 Å². The second-order valence-electron chi connectivity index (χ2n) is 4.72. The second kappa shape index (κ2) is 5.89. The van der Waals surface area contributed by atoms with Crippen LogP contribution in [0.4, 0.5) is 5.69 Å². The molecule has 3 nitrogen and oxygen atoms in total. The zero-order chi connectivity index (χ0) is 14.7. The molecular weight excluding hydrogens is 280 g/mol. The van der Waals surface area contributed by atoms with Crippen molar-refractivity contribution in [1.82, 2.24) is 4.98 Å². The first kappa shape index (κ1) is 13.5. The molecular formula is C17H14N2OS. The van der Waals surface area contributed by atoms with Crippen molar-refractivity contribution in [1.29, 1.82) is 0 Å². The molecule has 2 aromatic carbocycles. The van der Waals surface area contributed by atoms with Gasteiger partial charge in [-0.05, 0) is 19.1 Å². The highest BCUT2D eigenvalue weighted by atomic mass is 32.1. The number of rotatable bonds is 3. The molecule has 0 saturated carbocycles. The minimum atomic E-state index is -0.125. The summed E-state index contributed by atoms with van der Waals surface area (Å²) in [6.07, 6.45) is 0. The lowest BCUT2D eigenvalue weighted by Crippen LogP contribution is -2.11. The SMILES string of the molecule is Cc1ccc(NC(=O)c2scnc2-c2ccccc2)cc1. The molecule has 0 bridgehead atoms. The maximum atomic E-state index is 12.4. The highest BCUT2D eigenvalue weighted by Gasteiger charge is 2.16. The van der Waals surface area contributed by atoms with Crippen LogP contribution >= 0.6 is 11.3 Å². The van der Waals surface area contributed by atoms with E-state index in [-0.39, 0.29) is 5.91 Å². The van der Waals surface area contributed by atoms with Crippen molar-refractivity contribution in [3.8, 4) is 11.3 Å². The van der Waals surface area contributed by atoms with E-state index in [1.165, 1.54) is 11.3 Å². The Balaban J connectivity index is 1.86. The largest absolute Gasteiger partial charge is 0.321 e. The van der Waals surface area contributed by atoms with Crippen LogP contribution in [0, 0.1) is 6.92 Å². The molecule has 0 atom stereocenters. The minimum Gasteiger partial charge on any atom is -0.321 e. The normalized spacial score (nSPS) is 10.3. The van der Waals surface area contributed by atoms with E-state index in [2.05, 4.69) is 10.3 Å². The van der Waals surface area contributed by atoms with E-state index in [1.807, 2.05) is 61.5 Å². The molecule has 0 aliphatic rings. The summed E-state index contributed by atoms with van der Waals surface area (Å²) in [6, 6.07) is 17.5. The standard InChI is InChI=1S/C17H14N2OS/c1-12-7-9-14(10-8-12)19-17(20)16-15(18-11-21-16)13-5-3-2-4-6-13/h2-11H,1H3,(H,19,20). The maximum Gasteiger partial charge on any atom is 0.268 e. The third-order valence-electron chi connectivity index (χ3n) is 3.13. The van der Waals surface area contributed by atoms with Crippen LogP contribution in [0.25, 0.3) is 11.3 Å². The molecule has 0 unspecified atom stereocenters. The fourth-order valence-corrected chi connectivity index (χ4v) is 2.74. The number of benzene rings is 2. The summed E-state index contributed by atoms with van der Waals surface area (Å²) in [5.41, 5.74) is 5.33. The van der Waals surface area contributed by atoms with E-state index in [1.54, 1.807) is 5.51 Å². The fraction of sp³-hybridized carbons (Fsp3) is 0.0588. The predicted molar refractivity (Wildman–Crippen MR) is 86.7 cm³/mol. The van der Waals surface area contributed by atoms with Crippen molar-refractivity contribution in [2.24, 2.45) is 0 Å². The number of nitrogens with zero attached hydrogens (tertiary/aromatic N) is 1. The van der Waals surface area contributed by atoms with E-state index in [0.717, 1.165) is 22.5 Å². The van der Waals surface area contributed by atoms with Gasteiger partial charge in [0.25, 0.3) is 5.91 Å². The number of anilines is 1. The van der Waals surface area contributed by atoms with Crippen molar-refractivity contribution >= 4 is 22.9 Å². The average molecular weight is 294 g/mol. The molecule has 3 aromatic rings. The second-order valence-corrected chi connectivity index (χ2v) is 5.57. The van der Waals surface area contributed by atoms with Gasteiger partial charge < -0.3 is 5.32 Å². The lowest BCUT2D eigenvalue weighted by Gasteiger charge is -2.06. The Hall–Kier alpha value is -2.46. The summed E-state index contributed by atoms with van der Waals surface area (Å²) >= 11 is 1.35. The van der Waals surface area contributed by atoms with Gasteiger partial charge in [-0.25, -0.2) is 4.98 Å². The first-order valence-corrected chi connectivity index (χ1v) is 7.49. The third-order valence-corrected chi connectivity index (χ3v) is 3.96. The molecule has 0 aliphatic heterocycles. The van der Waals surface area contributed by atoms with E-state index < -0.39 is 0 Å². The first-order valence-electron chi connectivity index (χ1n) is 6.61. The van der Waals surface area contributed by atoms with Crippen molar-refractivity contribution in [3.05, 3.63) is 70.5 Å². The number of aromatic nitrogens is 1. The Kier molecular flexibility index (Phi) is 3.79. The van der Waals surface area contributed by atoms with Crippen LogP contribution in [0.2, 0.25) is 0 Å². The zero-order valence-electron chi connectivity index (χ0n) is 11.5. The van der Waals surface area contributed by atoms with Crippen LogP contribution in [-0.4, -0.2) is 10.9 Å². The van der Waals surface area contributed by atoms with E-state index in [4.69, 9.17) is 0 Å². The van der Waals surface area contributed by atoms with Crippen LogP contribution in [0.5, 0.6) is 0 Å². The van der Waals surface area contributed by atoms with E-state index in [9.17, 15) is 4.79 Å². The Morgan fingerprint density at radius 1 is 1.05 bits per heavy atom. The molecule has 104 valence electrons. The van der Waals surface area contributed by atoms with Gasteiger partial charge in [-0.15, -0.1) is 11.3 Å². The molecule has 1 heterocycles. The molecule has 0 aliphatic carbocycles. The molecule has 1 amide bonds. The van der Waals surface area contributed by atoms with E-state index in [0.29, 0.717) is 4.88 Å². The van der Waals surface area contributed by atoms with Gasteiger partial charge in [0.2, 0.25) is 0 Å². The summed E-state index contributed by atoms with van der Waals surface area (Å²) in [6.45, 7) is 2.02. The molecule has 0 spiro atoms. The summed E-state index contributed by atoms with van der Waals surface area (Å²) in [4.78, 5) is 17.4. The van der Waals surface area contributed by atoms with Crippen LogP contribution in [-0.2, 0) is 0 Å². The van der Waals surface area contributed by atoms with Crippen LogP contribution in [0.3, 0.4) is 0 Å². The van der Waals surface area contributed by atoms with Crippen LogP contribution in [0.1, 0.15) is 15.2 Å². The van der Waals surface area contributed by atoms with Crippen molar-refractivity contribution in [2.45, 2.75) is 6.92 Å².